The molecule has 0 bridgehead atoms. The quantitative estimate of drug-likeness (QED) is 0.0285. The molecule has 0 aromatic heterocycles. The molecule has 6 rings (SSSR count). The second-order valence-corrected chi connectivity index (χ2v) is 30.0. The minimum Gasteiger partial charge on any atom is -0.424 e. The van der Waals surface area contributed by atoms with Crippen molar-refractivity contribution in [3.63, 3.8) is 0 Å². The van der Waals surface area contributed by atoms with Crippen molar-refractivity contribution in [1.29, 1.82) is 0 Å². The van der Waals surface area contributed by atoms with Gasteiger partial charge in [0.05, 0.1) is 0 Å². The van der Waals surface area contributed by atoms with Crippen molar-refractivity contribution in [1.82, 2.24) is 19.6 Å². The first-order valence-corrected chi connectivity index (χ1v) is 37.1. The van der Waals surface area contributed by atoms with Gasteiger partial charge in [0, 0.05) is 74.5 Å². The fourth-order valence-corrected chi connectivity index (χ4v) is 14.6. The van der Waals surface area contributed by atoms with Gasteiger partial charge in [0.2, 0.25) is 0 Å². The summed E-state index contributed by atoms with van der Waals surface area (Å²) in [5.41, 5.74) is 15.8. The third-order valence-electron chi connectivity index (χ3n) is 19.5. The zero-order chi connectivity index (χ0) is 70.2. The number of hydrogen-bond acceptors (Lipinski definition) is 10. The molecule has 0 unspecified atom stereocenters. The van der Waals surface area contributed by atoms with Crippen LogP contribution >= 0.6 is 0 Å². The highest BCUT2D eigenvalue weighted by molar-refractivity contribution is 5.88. The standard InChI is InChI=1S/C86H126N4O6/c1-59(2)87(60(3)4)47-43-73-31-19-27-69(55-73)35-23-39-77-51-67(17)52-78(40-24-36-70-28-20-32-74(56-70)44-48-88(61(5)6)62(7)8)83(77)95-85(93)81(91)82(92)86(94)96-84-79(41-25-37-71-29-21-33-75(57-71)45-49-89(63(9)10)64(11)12)53-68(18)54-80(84)42-26-38-72-30-22-34-76(58-72)46-50-90(65(13)14)66(15)16/h19-22,27-34,51-66,81-82,91-92H,23-26,35-50H2,1-18H3/t81-,82-/m1/s1. The van der Waals surface area contributed by atoms with E-state index in [4.69, 9.17) is 9.47 Å². The van der Waals surface area contributed by atoms with Crippen molar-refractivity contribution >= 4 is 11.9 Å². The van der Waals surface area contributed by atoms with Crippen LogP contribution in [-0.4, -0.2) is 128 Å². The maximum Gasteiger partial charge on any atom is 0.343 e. The summed E-state index contributed by atoms with van der Waals surface area (Å²) in [4.78, 5) is 39.2. The van der Waals surface area contributed by atoms with Crippen molar-refractivity contribution in [2.45, 2.75) is 288 Å². The number of aryl methyl sites for hydroxylation is 10. The molecule has 0 saturated heterocycles. The van der Waals surface area contributed by atoms with Crippen LogP contribution in [0.2, 0.25) is 0 Å². The summed E-state index contributed by atoms with van der Waals surface area (Å²) in [6, 6.07) is 47.6. The number of nitrogens with zero attached hydrogens (tertiary/aromatic N) is 4. The third-order valence-corrected chi connectivity index (χ3v) is 19.5. The molecular weight excluding hydrogens is 1180 g/mol. The first-order valence-electron chi connectivity index (χ1n) is 37.1. The molecule has 6 aromatic carbocycles. The molecule has 2 N–H and O–H groups in total. The van der Waals surface area contributed by atoms with Gasteiger partial charge in [0.15, 0.2) is 12.2 Å². The molecular formula is C86H126N4O6. The van der Waals surface area contributed by atoms with E-state index in [0.29, 0.717) is 85.5 Å². The summed E-state index contributed by atoms with van der Waals surface area (Å²) in [5, 5.41) is 23.8. The molecule has 0 aliphatic rings. The number of benzene rings is 6. The lowest BCUT2D eigenvalue weighted by Crippen LogP contribution is -2.44. The normalized spacial score (nSPS) is 12.9. The summed E-state index contributed by atoms with van der Waals surface area (Å²) in [6.07, 6.45) is 8.39. The number of carbonyl (C=O) groups excluding carboxylic acids is 2. The van der Waals surface area contributed by atoms with Gasteiger partial charge in [-0.15, -0.1) is 0 Å². The molecule has 0 fully saturated rings. The van der Waals surface area contributed by atoms with Gasteiger partial charge >= 0.3 is 11.9 Å². The fraction of sp³-hybridized carbons (Fsp3) is 0.558. The Morgan fingerprint density at radius 2 is 0.490 bits per heavy atom. The maximum atomic E-state index is 14.5. The molecule has 10 heteroatoms. The van der Waals surface area contributed by atoms with E-state index < -0.39 is 24.1 Å². The van der Waals surface area contributed by atoms with Gasteiger partial charge in [-0.1, -0.05) is 132 Å². The number of aliphatic hydroxyl groups excluding tert-OH is 2. The van der Waals surface area contributed by atoms with Crippen molar-refractivity contribution in [3.8, 4) is 11.5 Å². The topological polar surface area (TPSA) is 106 Å². The Labute approximate surface area is 582 Å². The smallest absolute Gasteiger partial charge is 0.343 e. The average Bonchev–Trinajstić information content (AvgIpc) is 0.903. The highest BCUT2D eigenvalue weighted by atomic mass is 16.6. The minimum atomic E-state index is -2.21. The van der Waals surface area contributed by atoms with Crippen molar-refractivity contribution in [2.24, 2.45) is 0 Å². The van der Waals surface area contributed by atoms with Crippen LogP contribution in [0.5, 0.6) is 11.5 Å². The summed E-state index contributed by atoms with van der Waals surface area (Å²) < 4.78 is 12.7. The van der Waals surface area contributed by atoms with Crippen LogP contribution in [0.15, 0.2) is 121 Å². The largest absolute Gasteiger partial charge is 0.424 e. The number of aliphatic hydroxyl groups is 2. The molecule has 6 aromatic rings. The summed E-state index contributed by atoms with van der Waals surface area (Å²) in [5.74, 6) is -1.43. The van der Waals surface area contributed by atoms with Crippen LogP contribution in [0.4, 0.5) is 0 Å². The molecule has 0 aliphatic heterocycles. The number of rotatable bonds is 41. The molecule has 0 spiro atoms. The number of ether oxygens (including phenoxy) is 2. The Morgan fingerprint density at radius 3 is 0.677 bits per heavy atom. The second-order valence-electron chi connectivity index (χ2n) is 30.0. The van der Waals surface area contributed by atoms with Crippen LogP contribution < -0.4 is 9.47 Å². The molecule has 0 heterocycles. The summed E-state index contributed by atoms with van der Waals surface area (Å²) >= 11 is 0. The van der Waals surface area contributed by atoms with Gasteiger partial charge in [-0.2, -0.15) is 0 Å². The summed E-state index contributed by atoms with van der Waals surface area (Å²) in [6.45, 7) is 44.3. The van der Waals surface area contributed by atoms with Crippen molar-refractivity contribution < 1.29 is 29.3 Å². The number of carbonyl (C=O) groups is 2. The molecule has 10 nitrogen and oxygen atoms in total. The van der Waals surface area contributed by atoms with Crippen LogP contribution in [0.3, 0.4) is 0 Å². The second kappa shape index (κ2) is 39.6. The van der Waals surface area contributed by atoms with E-state index in [0.717, 1.165) is 137 Å². The van der Waals surface area contributed by atoms with Gasteiger partial charge in [-0.05, 0) is 294 Å². The highest BCUT2D eigenvalue weighted by Crippen LogP contribution is 2.33. The molecule has 0 saturated carbocycles. The van der Waals surface area contributed by atoms with E-state index in [1.165, 1.54) is 44.5 Å². The Hall–Kier alpha value is -5.98. The lowest BCUT2D eigenvalue weighted by Gasteiger charge is -2.30. The van der Waals surface area contributed by atoms with Gasteiger partial charge in [0.1, 0.15) is 11.5 Å². The Kier molecular flexibility index (Phi) is 32.6. The third kappa shape index (κ3) is 25.4. The van der Waals surface area contributed by atoms with Crippen LogP contribution in [-0.2, 0) is 86.6 Å². The molecule has 0 aliphatic carbocycles. The predicted octanol–water partition coefficient (Wildman–Crippen LogP) is 16.9. The van der Waals surface area contributed by atoms with E-state index in [1.807, 2.05) is 0 Å². The zero-order valence-corrected chi connectivity index (χ0v) is 62.8. The van der Waals surface area contributed by atoms with Crippen LogP contribution in [0.1, 0.15) is 214 Å². The number of esters is 2. The van der Waals surface area contributed by atoms with Crippen LogP contribution in [0, 0.1) is 13.8 Å². The maximum absolute atomic E-state index is 14.5. The van der Waals surface area contributed by atoms with Gasteiger partial charge in [-0.3, -0.25) is 19.6 Å². The SMILES string of the molecule is Cc1cc(CCCc2cccc(CCN(C(C)C)C(C)C)c2)c(OC(=O)[C@H](O)[C@@H](O)C(=O)Oc2c(CCCc3cccc(CCN(C(C)C)C(C)C)c3)cc(C)cc2CCCc2cccc(CCN(C(C)C)C(C)C)c2)c(CCCc2cccc(CCN(C(C)C)C(C)C)c2)c1. The monoisotopic (exact) mass is 1310 g/mol. The molecule has 0 radical (unpaired) electrons. The van der Waals surface area contributed by atoms with Crippen molar-refractivity contribution in [2.75, 3.05) is 26.2 Å². The Morgan fingerprint density at radius 1 is 0.302 bits per heavy atom. The Bertz CT molecular complexity index is 2880. The highest BCUT2D eigenvalue weighted by Gasteiger charge is 2.35. The zero-order valence-electron chi connectivity index (χ0n) is 62.8. The average molecular weight is 1310 g/mol. The fourth-order valence-electron chi connectivity index (χ4n) is 14.6. The Balaban J connectivity index is 1.24. The van der Waals surface area contributed by atoms with Gasteiger partial charge in [-0.25, -0.2) is 9.59 Å². The minimum absolute atomic E-state index is 0.387. The van der Waals surface area contributed by atoms with Gasteiger partial charge in [0.25, 0.3) is 0 Å². The first kappa shape index (κ1) is 79.0. The molecule has 526 valence electrons. The van der Waals surface area contributed by atoms with E-state index in [1.54, 1.807) is 0 Å². The van der Waals surface area contributed by atoms with E-state index in [9.17, 15) is 19.8 Å². The first-order chi connectivity index (χ1) is 45.7. The molecule has 96 heavy (non-hydrogen) atoms. The lowest BCUT2D eigenvalue weighted by atomic mass is 9.95. The van der Waals surface area contributed by atoms with E-state index in [2.05, 4.69) is 266 Å². The van der Waals surface area contributed by atoms with Crippen molar-refractivity contribution in [3.05, 3.63) is 199 Å². The van der Waals surface area contributed by atoms with Gasteiger partial charge < -0.3 is 19.7 Å². The lowest BCUT2D eigenvalue weighted by molar-refractivity contribution is -0.162. The molecule has 2 atom stereocenters. The van der Waals surface area contributed by atoms with E-state index >= 15 is 0 Å². The predicted molar refractivity (Wildman–Crippen MR) is 402 cm³/mol. The van der Waals surface area contributed by atoms with E-state index in [-0.39, 0.29) is 0 Å². The summed E-state index contributed by atoms with van der Waals surface area (Å²) in [7, 11) is 0. The van der Waals surface area contributed by atoms with Crippen LogP contribution in [0.25, 0.3) is 0 Å². The molecule has 0 amide bonds. The number of hydrogen-bond donors (Lipinski definition) is 2.